The van der Waals surface area contributed by atoms with Crippen molar-refractivity contribution in [1.29, 1.82) is 0 Å². The monoisotopic (exact) mass is 797 g/mol. The Balaban J connectivity index is 0.815. The number of halogens is 4. The smallest absolute Gasteiger partial charge is 0.262 e. The molecule has 300 valence electrons. The van der Waals surface area contributed by atoms with Crippen molar-refractivity contribution in [1.82, 2.24) is 29.9 Å². The summed E-state index contributed by atoms with van der Waals surface area (Å²) in [5, 5.41) is 3.10. The molecule has 1 spiro atoms. The number of carbonyl (C=O) groups is 5. The van der Waals surface area contributed by atoms with Gasteiger partial charge in [0.2, 0.25) is 17.7 Å². The number of para-hydroxylation sites is 1. The van der Waals surface area contributed by atoms with E-state index in [9.17, 15) is 32.8 Å². The molecule has 7 heterocycles. The highest BCUT2D eigenvalue weighted by molar-refractivity contribution is 6.23. The fourth-order valence-electron chi connectivity index (χ4n) is 10.1. The summed E-state index contributed by atoms with van der Waals surface area (Å²) >= 11 is 0. The molecule has 6 aliphatic heterocycles. The van der Waals surface area contributed by atoms with Gasteiger partial charge in [0, 0.05) is 73.0 Å². The lowest BCUT2D eigenvalue weighted by Crippen LogP contribution is -2.77. The van der Waals surface area contributed by atoms with Crippen molar-refractivity contribution in [3.63, 3.8) is 0 Å². The number of alkyl halides is 2. The SMILES string of the molecule is C[C@@H]1Cc2c([nH]c3ccccc23)[C@@H](c2c(F)cc(N3CC4(CCN4CC(=O)N4Cc5cc6c(cc5C4)C(=O)N(C4CCC(=O)NC4=O)C6=O)C3)cc2F)N1CC(F)F. The number of imide groups is 2. The van der Waals surface area contributed by atoms with E-state index in [-0.39, 0.29) is 60.6 Å². The van der Waals surface area contributed by atoms with Gasteiger partial charge in [0.25, 0.3) is 18.2 Å². The molecule has 10 rings (SSSR count). The summed E-state index contributed by atoms with van der Waals surface area (Å²) < 4.78 is 60.3. The molecule has 6 aliphatic rings. The van der Waals surface area contributed by atoms with Crippen LogP contribution < -0.4 is 10.2 Å². The molecule has 3 fully saturated rings. The van der Waals surface area contributed by atoms with Crippen LogP contribution in [0.3, 0.4) is 0 Å². The van der Waals surface area contributed by atoms with Crippen LogP contribution in [0.25, 0.3) is 10.9 Å². The van der Waals surface area contributed by atoms with Crippen LogP contribution in [0.15, 0.2) is 48.5 Å². The van der Waals surface area contributed by atoms with Crippen molar-refractivity contribution in [2.45, 2.75) is 75.8 Å². The van der Waals surface area contributed by atoms with Gasteiger partial charge >= 0.3 is 0 Å². The number of fused-ring (bicyclic) bond motifs is 5. The number of aromatic nitrogens is 1. The van der Waals surface area contributed by atoms with Crippen LogP contribution in [-0.2, 0) is 33.9 Å². The van der Waals surface area contributed by atoms with Crippen LogP contribution in [0, 0.1) is 11.6 Å². The lowest BCUT2D eigenvalue weighted by atomic mass is 9.77. The summed E-state index contributed by atoms with van der Waals surface area (Å²) in [4.78, 5) is 75.7. The Kier molecular flexibility index (Phi) is 8.36. The Morgan fingerprint density at radius 3 is 2.24 bits per heavy atom. The molecule has 58 heavy (non-hydrogen) atoms. The summed E-state index contributed by atoms with van der Waals surface area (Å²) in [6.45, 7) is 3.34. The zero-order chi connectivity index (χ0) is 40.4. The molecule has 0 aliphatic carbocycles. The number of nitrogens with one attached hydrogen (secondary N) is 2. The van der Waals surface area contributed by atoms with Gasteiger partial charge in [-0.3, -0.25) is 44.0 Å². The highest BCUT2D eigenvalue weighted by Gasteiger charge is 2.54. The normalized spacial score (nSPS) is 24.0. The minimum atomic E-state index is -2.70. The van der Waals surface area contributed by atoms with Gasteiger partial charge in [-0.15, -0.1) is 0 Å². The molecule has 3 atom stereocenters. The Labute approximate surface area is 329 Å². The first-order chi connectivity index (χ1) is 27.8. The van der Waals surface area contributed by atoms with Gasteiger partial charge in [-0.2, -0.15) is 0 Å². The topological polar surface area (TPSA) is 129 Å². The van der Waals surface area contributed by atoms with Crippen LogP contribution in [0.4, 0.5) is 23.2 Å². The largest absolute Gasteiger partial charge is 0.368 e. The third kappa shape index (κ3) is 5.58. The first-order valence-electron chi connectivity index (χ1n) is 19.6. The minimum Gasteiger partial charge on any atom is -0.368 e. The standard InChI is InChI=1S/C42H39F4N7O5/c1-21-10-26-25-4-2-3-5-31(25)47-37(26)38(52(21)17-33(45)46)36-29(43)13-24(14-30(36)44)50-19-42(20-50)8-9-51(42)18-35(55)49-15-22-11-27-28(12-23(22)16-49)41(58)53(40(27)57)32-6-7-34(54)48-39(32)56/h2-5,11-14,21,32-33,38,47H,6-10,15-20H2,1H3,(H,48,54,56)/t21-,32?,38-/m1/s1. The number of H-pyrrole nitrogens is 1. The Morgan fingerprint density at radius 1 is 0.948 bits per heavy atom. The second-order valence-electron chi connectivity index (χ2n) is 16.5. The lowest BCUT2D eigenvalue weighted by molar-refractivity contribution is -0.139. The van der Waals surface area contributed by atoms with Crippen molar-refractivity contribution in [3.8, 4) is 0 Å². The molecule has 3 aromatic carbocycles. The molecule has 3 saturated heterocycles. The van der Waals surface area contributed by atoms with E-state index in [0.717, 1.165) is 38.9 Å². The maximum absolute atomic E-state index is 16.3. The number of nitrogens with zero attached hydrogens (tertiary/aromatic N) is 5. The van der Waals surface area contributed by atoms with Gasteiger partial charge in [-0.25, -0.2) is 17.6 Å². The number of benzene rings is 3. The predicted molar refractivity (Wildman–Crippen MR) is 201 cm³/mol. The van der Waals surface area contributed by atoms with Crippen molar-refractivity contribution in [2.24, 2.45) is 0 Å². The van der Waals surface area contributed by atoms with E-state index < -0.39 is 66.4 Å². The molecule has 5 amide bonds. The van der Waals surface area contributed by atoms with Crippen molar-refractivity contribution >= 4 is 46.1 Å². The van der Waals surface area contributed by atoms with Gasteiger partial charge in [0.15, 0.2) is 0 Å². The maximum Gasteiger partial charge on any atom is 0.262 e. The van der Waals surface area contributed by atoms with Crippen molar-refractivity contribution in [2.75, 3.05) is 37.6 Å². The first-order valence-corrected chi connectivity index (χ1v) is 19.6. The van der Waals surface area contributed by atoms with Crippen molar-refractivity contribution < 1.29 is 41.5 Å². The second-order valence-corrected chi connectivity index (χ2v) is 16.5. The molecule has 1 aromatic heterocycles. The molecule has 0 saturated carbocycles. The average Bonchev–Trinajstić information content (AvgIpc) is 3.81. The number of aromatic amines is 1. The zero-order valence-corrected chi connectivity index (χ0v) is 31.5. The number of hydrogen-bond donors (Lipinski definition) is 2. The Hall–Kier alpha value is -5.61. The molecular formula is C42H39F4N7O5. The first kappa shape index (κ1) is 36.7. The highest BCUT2D eigenvalue weighted by Crippen LogP contribution is 2.46. The third-order valence-corrected chi connectivity index (χ3v) is 13.2. The summed E-state index contributed by atoms with van der Waals surface area (Å²) in [6.07, 6.45) is -1.36. The van der Waals surface area contributed by atoms with E-state index in [0.29, 0.717) is 37.4 Å². The van der Waals surface area contributed by atoms with Gasteiger partial charge < -0.3 is 14.8 Å². The minimum absolute atomic E-state index is 0.0256. The van der Waals surface area contributed by atoms with Crippen LogP contribution in [0.1, 0.15) is 80.9 Å². The summed E-state index contributed by atoms with van der Waals surface area (Å²) in [6, 6.07) is 10.8. The van der Waals surface area contributed by atoms with Gasteiger partial charge in [-0.05, 0) is 73.2 Å². The summed E-state index contributed by atoms with van der Waals surface area (Å²) in [5.41, 5.74) is 3.70. The number of likely N-dealkylation sites (tertiary alicyclic amines) is 1. The van der Waals surface area contributed by atoms with E-state index in [2.05, 4.69) is 15.2 Å². The number of carbonyl (C=O) groups excluding carboxylic acids is 5. The number of piperidine rings is 1. The fraction of sp³-hybridized carbons (Fsp3) is 0.405. The number of anilines is 1. The van der Waals surface area contributed by atoms with E-state index >= 15 is 8.78 Å². The van der Waals surface area contributed by atoms with Crippen LogP contribution >= 0.6 is 0 Å². The van der Waals surface area contributed by atoms with E-state index in [1.165, 1.54) is 17.0 Å². The maximum atomic E-state index is 16.3. The van der Waals surface area contributed by atoms with Crippen molar-refractivity contribution in [3.05, 3.63) is 99.2 Å². The van der Waals surface area contributed by atoms with Crippen LogP contribution in [0.5, 0.6) is 0 Å². The molecule has 0 radical (unpaired) electrons. The highest BCUT2D eigenvalue weighted by atomic mass is 19.3. The number of rotatable bonds is 7. The predicted octanol–water partition coefficient (Wildman–Crippen LogP) is 4.26. The molecule has 12 nitrogen and oxygen atoms in total. The fourth-order valence-corrected chi connectivity index (χ4v) is 10.1. The van der Waals surface area contributed by atoms with E-state index in [4.69, 9.17) is 0 Å². The second kappa shape index (κ2) is 13.2. The van der Waals surface area contributed by atoms with Crippen LogP contribution in [-0.4, -0.2) is 111 Å². The molecule has 2 N–H and O–H groups in total. The molecular weight excluding hydrogens is 758 g/mol. The van der Waals surface area contributed by atoms with Gasteiger partial charge in [0.05, 0.1) is 35.8 Å². The number of amides is 5. The Morgan fingerprint density at radius 2 is 1.62 bits per heavy atom. The van der Waals surface area contributed by atoms with E-state index in [1.807, 2.05) is 29.2 Å². The summed E-state index contributed by atoms with van der Waals surface area (Å²) in [7, 11) is 0. The van der Waals surface area contributed by atoms with Gasteiger partial charge in [0.1, 0.15) is 17.7 Å². The zero-order valence-electron chi connectivity index (χ0n) is 31.5. The average molecular weight is 798 g/mol. The third-order valence-electron chi connectivity index (χ3n) is 13.2. The lowest BCUT2D eigenvalue weighted by Gasteiger charge is -2.63. The molecule has 0 bridgehead atoms. The molecule has 16 heteroatoms. The molecule has 4 aromatic rings. The molecule has 1 unspecified atom stereocenters. The summed E-state index contributed by atoms with van der Waals surface area (Å²) in [5.74, 6) is -4.10. The Bertz CT molecular complexity index is 2410. The van der Waals surface area contributed by atoms with Crippen LogP contribution in [0.2, 0.25) is 0 Å². The van der Waals surface area contributed by atoms with E-state index in [1.54, 1.807) is 24.0 Å². The number of hydrogen-bond acceptors (Lipinski definition) is 8. The van der Waals surface area contributed by atoms with Gasteiger partial charge in [-0.1, -0.05) is 18.2 Å². The quantitative estimate of drug-likeness (QED) is 0.210.